The molecular formula is C12H18ClN2O+. The Kier molecular flexibility index (Phi) is 4.77. The van der Waals surface area contributed by atoms with Gasteiger partial charge in [-0.2, -0.15) is 0 Å². The molecule has 0 aliphatic rings. The van der Waals surface area contributed by atoms with E-state index in [-0.39, 0.29) is 18.0 Å². The summed E-state index contributed by atoms with van der Waals surface area (Å²) in [5, 5.41) is 5.40. The van der Waals surface area contributed by atoms with Crippen LogP contribution in [0.3, 0.4) is 0 Å². The van der Waals surface area contributed by atoms with Gasteiger partial charge in [0.15, 0.2) is 6.04 Å². The average Bonchev–Trinajstić information content (AvgIpc) is 2.28. The zero-order valence-electron chi connectivity index (χ0n) is 9.83. The number of nitrogens with one attached hydrogen (secondary N) is 1. The number of benzene rings is 1. The minimum atomic E-state index is -0.0873. The van der Waals surface area contributed by atoms with Gasteiger partial charge in [-0.15, -0.1) is 0 Å². The van der Waals surface area contributed by atoms with Crippen molar-refractivity contribution in [2.24, 2.45) is 0 Å². The maximum atomic E-state index is 11.4. The van der Waals surface area contributed by atoms with Crippen molar-refractivity contribution in [3.05, 3.63) is 34.9 Å². The van der Waals surface area contributed by atoms with Crippen LogP contribution in [-0.4, -0.2) is 19.0 Å². The second kappa shape index (κ2) is 5.87. The van der Waals surface area contributed by atoms with E-state index in [2.05, 4.69) is 12.2 Å². The highest BCUT2D eigenvalue weighted by atomic mass is 35.5. The highest BCUT2D eigenvalue weighted by Crippen LogP contribution is 2.13. The van der Waals surface area contributed by atoms with E-state index in [1.165, 1.54) is 5.56 Å². The molecule has 0 aliphatic heterocycles. The molecule has 0 heterocycles. The SMILES string of the molecule is CNC(=O)[C@@H](C)[NH2+][C@H](C)c1ccc(Cl)cc1. The second-order valence-corrected chi connectivity index (χ2v) is 4.37. The zero-order valence-corrected chi connectivity index (χ0v) is 10.6. The number of carbonyl (C=O) groups is 1. The number of quaternary nitrogens is 1. The molecule has 16 heavy (non-hydrogen) atoms. The van der Waals surface area contributed by atoms with Crippen LogP contribution in [0.4, 0.5) is 0 Å². The summed E-state index contributed by atoms with van der Waals surface area (Å²) >= 11 is 5.82. The minimum Gasteiger partial charge on any atom is -0.354 e. The number of likely N-dealkylation sites (N-methyl/N-ethyl adjacent to an activating group) is 1. The summed E-state index contributed by atoms with van der Waals surface area (Å²) in [6.45, 7) is 3.97. The van der Waals surface area contributed by atoms with Crippen molar-refractivity contribution in [1.29, 1.82) is 0 Å². The lowest BCUT2D eigenvalue weighted by Crippen LogP contribution is -2.92. The van der Waals surface area contributed by atoms with E-state index in [4.69, 9.17) is 11.6 Å². The van der Waals surface area contributed by atoms with Gasteiger partial charge < -0.3 is 10.6 Å². The van der Waals surface area contributed by atoms with Gasteiger partial charge in [-0.1, -0.05) is 23.7 Å². The highest BCUT2D eigenvalue weighted by Gasteiger charge is 2.18. The topological polar surface area (TPSA) is 45.7 Å². The summed E-state index contributed by atoms with van der Waals surface area (Å²) in [5.74, 6) is 0.0424. The number of carbonyl (C=O) groups excluding carboxylic acids is 1. The van der Waals surface area contributed by atoms with Crippen LogP contribution >= 0.6 is 11.6 Å². The van der Waals surface area contributed by atoms with Crippen LogP contribution in [0.15, 0.2) is 24.3 Å². The summed E-state index contributed by atoms with van der Waals surface area (Å²) in [5.41, 5.74) is 1.17. The zero-order chi connectivity index (χ0) is 12.1. The molecule has 0 aromatic heterocycles. The van der Waals surface area contributed by atoms with E-state index < -0.39 is 0 Å². The van der Waals surface area contributed by atoms with E-state index in [1.54, 1.807) is 7.05 Å². The Hall–Kier alpha value is -1.06. The van der Waals surface area contributed by atoms with Gasteiger partial charge in [0.25, 0.3) is 5.91 Å². The van der Waals surface area contributed by atoms with Crippen LogP contribution in [0.25, 0.3) is 0 Å². The molecule has 1 aromatic carbocycles. The Labute approximate surface area is 101 Å². The Morgan fingerprint density at radius 2 is 1.88 bits per heavy atom. The predicted molar refractivity (Wildman–Crippen MR) is 65.3 cm³/mol. The number of hydrogen-bond acceptors (Lipinski definition) is 1. The fourth-order valence-electron chi connectivity index (χ4n) is 1.63. The first-order valence-corrected chi connectivity index (χ1v) is 5.74. The Morgan fingerprint density at radius 1 is 1.31 bits per heavy atom. The summed E-state index contributed by atoms with van der Waals surface area (Å²) in [7, 11) is 1.65. The molecule has 88 valence electrons. The summed E-state index contributed by atoms with van der Waals surface area (Å²) in [4.78, 5) is 11.4. The van der Waals surface area contributed by atoms with Crippen LogP contribution < -0.4 is 10.6 Å². The molecule has 0 saturated carbocycles. The van der Waals surface area contributed by atoms with Crippen LogP contribution in [0, 0.1) is 0 Å². The van der Waals surface area contributed by atoms with E-state index in [0.29, 0.717) is 0 Å². The predicted octanol–water partition coefficient (Wildman–Crippen LogP) is 1.10. The quantitative estimate of drug-likeness (QED) is 0.815. The minimum absolute atomic E-state index is 0.0424. The van der Waals surface area contributed by atoms with Gasteiger partial charge in [0.2, 0.25) is 0 Å². The Morgan fingerprint density at radius 3 is 2.38 bits per heavy atom. The summed E-state index contributed by atoms with van der Waals surface area (Å²) in [6.07, 6.45) is 0. The molecule has 2 atom stereocenters. The third-order valence-electron chi connectivity index (χ3n) is 2.63. The van der Waals surface area contributed by atoms with E-state index in [9.17, 15) is 4.79 Å². The number of hydrogen-bond donors (Lipinski definition) is 2. The molecule has 1 aromatic rings. The van der Waals surface area contributed by atoms with Gasteiger partial charge >= 0.3 is 0 Å². The third-order valence-corrected chi connectivity index (χ3v) is 2.89. The van der Waals surface area contributed by atoms with Crippen LogP contribution in [0.1, 0.15) is 25.5 Å². The van der Waals surface area contributed by atoms with Gasteiger partial charge in [0.1, 0.15) is 6.04 Å². The van der Waals surface area contributed by atoms with Crippen molar-refractivity contribution in [3.8, 4) is 0 Å². The first kappa shape index (κ1) is 13.0. The Bertz CT molecular complexity index is 351. The molecule has 0 fully saturated rings. The third kappa shape index (κ3) is 3.51. The maximum absolute atomic E-state index is 11.4. The van der Waals surface area contributed by atoms with Gasteiger partial charge in [-0.25, -0.2) is 0 Å². The lowest BCUT2D eigenvalue weighted by atomic mass is 10.1. The molecule has 3 N–H and O–H groups in total. The first-order valence-electron chi connectivity index (χ1n) is 5.36. The maximum Gasteiger partial charge on any atom is 0.277 e. The Balaban J connectivity index is 2.61. The van der Waals surface area contributed by atoms with Crippen LogP contribution in [0.2, 0.25) is 5.02 Å². The molecule has 4 heteroatoms. The monoisotopic (exact) mass is 241 g/mol. The lowest BCUT2D eigenvalue weighted by Gasteiger charge is -2.15. The molecule has 0 aliphatic carbocycles. The molecule has 0 radical (unpaired) electrons. The molecular weight excluding hydrogens is 224 g/mol. The molecule has 0 bridgehead atoms. The van der Waals surface area contributed by atoms with Crippen molar-refractivity contribution in [3.63, 3.8) is 0 Å². The standard InChI is InChI=1S/C12H17ClN2O/c1-8(15-9(2)12(16)14-3)10-4-6-11(13)7-5-10/h4-9,15H,1-3H3,(H,14,16)/p+1/t8-,9-/m1/s1. The fourth-order valence-corrected chi connectivity index (χ4v) is 1.75. The van der Waals surface area contributed by atoms with Gasteiger partial charge in [-0.3, -0.25) is 4.79 Å². The van der Waals surface area contributed by atoms with Gasteiger partial charge in [-0.05, 0) is 26.0 Å². The van der Waals surface area contributed by atoms with Crippen molar-refractivity contribution in [1.82, 2.24) is 5.32 Å². The molecule has 0 spiro atoms. The number of amides is 1. The molecule has 0 unspecified atom stereocenters. The normalized spacial score (nSPS) is 14.2. The van der Waals surface area contributed by atoms with Crippen molar-refractivity contribution in [2.45, 2.75) is 25.9 Å². The van der Waals surface area contributed by atoms with E-state index >= 15 is 0 Å². The van der Waals surface area contributed by atoms with E-state index in [0.717, 1.165) is 5.02 Å². The number of nitrogens with two attached hydrogens (primary N) is 1. The first-order chi connectivity index (χ1) is 7.54. The van der Waals surface area contributed by atoms with Crippen molar-refractivity contribution in [2.75, 3.05) is 7.05 Å². The van der Waals surface area contributed by atoms with Crippen LogP contribution in [-0.2, 0) is 4.79 Å². The molecule has 1 amide bonds. The van der Waals surface area contributed by atoms with Gasteiger partial charge in [0, 0.05) is 17.6 Å². The van der Waals surface area contributed by atoms with Crippen molar-refractivity contribution >= 4 is 17.5 Å². The van der Waals surface area contributed by atoms with Crippen LogP contribution in [0.5, 0.6) is 0 Å². The highest BCUT2D eigenvalue weighted by molar-refractivity contribution is 6.30. The summed E-state index contributed by atoms with van der Waals surface area (Å²) < 4.78 is 0. The summed E-state index contributed by atoms with van der Waals surface area (Å²) in [6, 6.07) is 7.86. The smallest absolute Gasteiger partial charge is 0.277 e. The van der Waals surface area contributed by atoms with E-state index in [1.807, 2.05) is 36.5 Å². The van der Waals surface area contributed by atoms with Crippen molar-refractivity contribution < 1.29 is 10.1 Å². The number of rotatable bonds is 4. The molecule has 0 saturated heterocycles. The van der Waals surface area contributed by atoms with Gasteiger partial charge in [0.05, 0.1) is 0 Å². The fraction of sp³-hybridized carbons (Fsp3) is 0.417. The lowest BCUT2D eigenvalue weighted by molar-refractivity contribution is -0.710. The molecule has 3 nitrogen and oxygen atoms in total. The largest absolute Gasteiger partial charge is 0.354 e. The molecule has 1 rings (SSSR count). The second-order valence-electron chi connectivity index (χ2n) is 3.94. The average molecular weight is 242 g/mol. The number of halogens is 1.